The minimum absolute atomic E-state index is 0.246. The van der Waals surface area contributed by atoms with Crippen molar-refractivity contribution in [1.29, 1.82) is 0 Å². The van der Waals surface area contributed by atoms with Crippen molar-refractivity contribution in [2.24, 2.45) is 5.73 Å². The van der Waals surface area contributed by atoms with Crippen LogP contribution in [-0.4, -0.2) is 36.1 Å². The van der Waals surface area contributed by atoms with Crippen molar-refractivity contribution in [3.63, 3.8) is 0 Å². The zero-order chi connectivity index (χ0) is 23.0. The molecule has 2 aromatic carbocycles. The number of amides is 1. The second kappa shape index (κ2) is 11.1. The summed E-state index contributed by atoms with van der Waals surface area (Å²) >= 11 is 0. The van der Waals surface area contributed by atoms with Gasteiger partial charge in [-0.05, 0) is 66.9 Å². The largest absolute Gasteiger partial charge is 0.493 e. The summed E-state index contributed by atoms with van der Waals surface area (Å²) < 4.78 is 5.51. The van der Waals surface area contributed by atoms with E-state index in [2.05, 4.69) is 34.6 Å². The maximum Gasteiger partial charge on any atom is 0.221 e. The number of aromatic nitrogens is 2. The van der Waals surface area contributed by atoms with Gasteiger partial charge in [-0.15, -0.1) is 0 Å². The van der Waals surface area contributed by atoms with Crippen molar-refractivity contribution in [3.05, 3.63) is 88.5 Å². The SMILES string of the molecule is COc1cnc(Cc2ccc(C3CCNCC3)cc2)nc1CCc1ccccc1CC(N)=O. The standard InChI is InChI=1S/C27H32N4O2/c1-33-25-18-30-27(16-19-6-8-21(9-7-19)22-12-14-29-15-13-22)31-24(25)11-10-20-4-2-3-5-23(20)17-26(28)32/h2-9,18,22,29H,10-17H2,1H3,(H2,28,32). The average molecular weight is 445 g/mol. The number of hydrogen-bond donors (Lipinski definition) is 2. The van der Waals surface area contributed by atoms with Crippen LogP contribution in [0.5, 0.6) is 5.75 Å². The molecule has 2 heterocycles. The molecule has 1 fully saturated rings. The minimum Gasteiger partial charge on any atom is -0.493 e. The molecule has 1 aliphatic heterocycles. The van der Waals surface area contributed by atoms with Crippen LogP contribution in [0.3, 0.4) is 0 Å². The molecular formula is C27H32N4O2. The second-order valence-corrected chi connectivity index (χ2v) is 8.66. The van der Waals surface area contributed by atoms with E-state index in [4.69, 9.17) is 15.5 Å². The lowest BCUT2D eigenvalue weighted by atomic mass is 9.89. The molecule has 0 bridgehead atoms. The Morgan fingerprint density at radius 2 is 1.79 bits per heavy atom. The first-order chi connectivity index (χ1) is 16.1. The fourth-order valence-corrected chi connectivity index (χ4v) is 4.54. The van der Waals surface area contributed by atoms with Gasteiger partial charge in [0, 0.05) is 6.42 Å². The lowest BCUT2D eigenvalue weighted by molar-refractivity contribution is -0.117. The Morgan fingerprint density at radius 1 is 1.06 bits per heavy atom. The molecule has 4 rings (SSSR count). The molecule has 3 aromatic rings. The number of nitrogens with zero attached hydrogens (tertiary/aromatic N) is 2. The highest BCUT2D eigenvalue weighted by Crippen LogP contribution is 2.26. The minimum atomic E-state index is -0.324. The van der Waals surface area contributed by atoms with Crippen molar-refractivity contribution in [2.45, 2.75) is 44.4 Å². The Kier molecular flexibility index (Phi) is 7.68. The summed E-state index contributed by atoms with van der Waals surface area (Å²) in [6, 6.07) is 16.8. The molecule has 0 saturated carbocycles. The first-order valence-corrected chi connectivity index (χ1v) is 11.7. The van der Waals surface area contributed by atoms with Crippen LogP contribution in [-0.2, 0) is 30.5 Å². The topological polar surface area (TPSA) is 90.1 Å². The number of aryl methyl sites for hydroxylation is 2. The monoisotopic (exact) mass is 444 g/mol. The van der Waals surface area contributed by atoms with Gasteiger partial charge in [-0.25, -0.2) is 9.97 Å². The number of nitrogens with one attached hydrogen (secondary N) is 1. The summed E-state index contributed by atoms with van der Waals surface area (Å²) in [4.78, 5) is 20.7. The zero-order valence-electron chi connectivity index (χ0n) is 19.2. The van der Waals surface area contributed by atoms with E-state index in [1.54, 1.807) is 13.3 Å². The number of ether oxygens (including phenoxy) is 1. The van der Waals surface area contributed by atoms with Crippen LogP contribution in [0.2, 0.25) is 0 Å². The fraction of sp³-hybridized carbons (Fsp3) is 0.370. The highest BCUT2D eigenvalue weighted by molar-refractivity contribution is 5.77. The first kappa shape index (κ1) is 22.9. The predicted octanol–water partition coefficient (Wildman–Crippen LogP) is 3.36. The maximum absolute atomic E-state index is 11.4. The third-order valence-electron chi connectivity index (χ3n) is 6.37. The van der Waals surface area contributed by atoms with Gasteiger partial charge >= 0.3 is 0 Å². The van der Waals surface area contributed by atoms with E-state index in [1.165, 1.54) is 24.0 Å². The van der Waals surface area contributed by atoms with Gasteiger partial charge in [-0.3, -0.25) is 4.79 Å². The number of carbonyl (C=O) groups excluding carboxylic acids is 1. The smallest absolute Gasteiger partial charge is 0.221 e. The first-order valence-electron chi connectivity index (χ1n) is 11.7. The second-order valence-electron chi connectivity index (χ2n) is 8.66. The van der Waals surface area contributed by atoms with Gasteiger partial charge in [0.05, 0.1) is 25.4 Å². The van der Waals surface area contributed by atoms with Gasteiger partial charge in [0.25, 0.3) is 0 Å². The molecule has 6 heteroatoms. The van der Waals surface area contributed by atoms with Crippen molar-refractivity contribution in [2.75, 3.05) is 20.2 Å². The number of carbonyl (C=O) groups is 1. The lowest BCUT2D eigenvalue weighted by Gasteiger charge is -2.23. The van der Waals surface area contributed by atoms with Crippen LogP contribution in [0.1, 0.15) is 52.5 Å². The van der Waals surface area contributed by atoms with Crippen LogP contribution >= 0.6 is 0 Å². The van der Waals surface area contributed by atoms with Crippen LogP contribution in [0.25, 0.3) is 0 Å². The average Bonchev–Trinajstić information content (AvgIpc) is 2.84. The van der Waals surface area contributed by atoms with E-state index in [1.807, 2.05) is 24.3 Å². The molecule has 1 aromatic heterocycles. The molecule has 6 nitrogen and oxygen atoms in total. The predicted molar refractivity (Wildman–Crippen MR) is 129 cm³/mol. The molecule has 172 valence electrons. The third kappa shape index (κ3) is 6.17. The van der Waals surface area contributed by atoms with Crippen molar-refractivity contribution >= 4 is 5.91 Å². The third-order valence-corrected chi connectivity index (χ3v) is 6.37. The summed E-state index contributed by atoms with van der Waals surface area (Å²) in [5.74, 6) is 1.80. The molecule has 1 saturated heterocycles. The van der Waals surface area contributed by atoms with Gasteiger partial charge in [0.1, 0.15) is 5.82 Å². The van der Waals surface area contributed by atoms with E-state index in [0.717, 1.165) is 42.2 Å². The maximum atomic E-state index is 11.4. The van der Waals surface area contributed by atoms with E-state index < -0.39 is 0 Å². The zero-order valence-corrected chi connectivity index (χ0v) is 19.2. The Balaban J connectivity index is 1.45. The summed E-state index contributed by atoms with van der Waals surface area (Å²) in [5, 5.41) is 3.43. The van der Waals surface area contributed by atoms with E-state index >= 15 is 0 Å². The van der Waals surface area contributed by atoms with Crippen LogP contribution in [0, 0.1) is 0 Å². The van der Waals surface area contributed by atoms with Gasteiger partial charge in [0.15, 0.2) is 5.75 Å². The molecule has 1 aliphatic rings. The van der Waals surface area contributed by atoms with Crippen LogP contribution < -0.4 is 15.8 Å². The Morgan fingerprint density at radius 3 is 2.48 bits per heavy atom. The van der Waals surface area contributed by atoms with Crippen LogP contribution in [0.15, 0.2) is 54.7 Å². The van der Waals surface area contributed by atoms with Crippen molar-refractivity contribution in [1.82, 2.24) is 15.3 Å². The molecule has 1 amide bonds. The highest BCUT2D eigenvalue weighted by Gasteiger charge is 2.15. The van der Waals surface area contributed by atoms with E-state index in [0.29, 0.717) is 24.5 Å². The van der Waals surface area contributed by atoms with Crippen molar-refractivity contribution < 1.29 is 9.53 Å². The molecule has 3 N–H and O–H groups in total. The fourth-order valence-electron chi connectivity index (χ4n) is 4.54. The molecule has 0 atom stereocenters. The molecule has 0 radical (unpaired) electrons. The quantitative estimate of drug-likeness (QED) is 0.528. The number of benzene rings is 2. The summed E-state index contributed by atoms with van der Waals surface area (Å²) in [6.07, 6.45) is 6.54. The Bertz CT molecular complexity index is 1080. The van der Waals surface area contributed by atoms with Gasteiger partial charge < -0.3 is 15.8 Å². The van der Waals surface area contributed by atoms with E-state index in [9.17, 15) is 4.79 Å². The number of nitrogens with two attached hydrogens (primary N) is 1. The highest BCUT2D eigenvalue weighted by atomic mass is 16.5. The number of primary amides is 1. The van der Waals surface area contributed by atoms with E-state index in [-0.39, 0.29) is 12.3 Å². The Labute approximate surface area is 195 Å². The van der Waals surface area contributed by atoms with Gasteiger partial charge in [0.2, 0.25) is 5.91 Å². The van der Waals surface area contributed by atoms with Gasteiger partial charge in [-0.1, -0.05) is 48.5 Å². The molecule has 0 unspecified atom stereocenters. The van der Waals surface area contributed by atoms with Crippen molar-refractivity contribution in [3.8, 4) is 5.75 Å². The molecular weight excluding hydrogens is 412 g/mol. The summed E-state index contributed by atoms with van der Waals surface area (Å²) in [6.45, 7) is 2.20. The molecule has 0 aliphatic carbocycles. The number of rotatable bonds is 9. The number of hydrogen-bond acceptors (Lipinski definition) is 5. The molecule has 33 heavy (non-hydrogen) atoms. The lowest BCUT2D eigenvalue weighted by Crippen LogP contribution is -2.26. The Hall–Kier alpha value is -3.25. The summed E-state index contributed by atoms with van der Waals surface area (Å²) in [5.41, 5.74) is 11.0. The normalized spacial score (nSPS) is 14.2. The summed E-state index contributed by atoms with van der Waals surface area (Å²) in [7, 11) is 1.64. The number of piperidine rings is 1. The van der Waals surface area contributed by atoms with Crippen LogP contribution in [0.4, 0.5) is 0 Å². The number of methoxy groups -OCH3 is 1. The van der Waals surface area contributed by atoms with Gasteiger partial charge in [-0.2, -0.15) is 0 Å². The molecule has 0 spiro atoms.